The van der Waals surface area contributed by atoms with Gasteiger partial charge in [-0.1, -0.05) is 67.2 Å². The number of aliphatic hydroxyl groups excluding tert-OH is 1. The number of nitrogens with zero attached hydrogens (tertiary/aromatic N) is 1. The Labute approximate surface area is 171 Å². The standard InChI is InChI=1S/C25H35NO2/c1-6-8-10-13-22-14-12-15-23(18-22)25(27)20-26(4)19-21(3)17-24(28-5)16-11-9-7-2/h6,8-18,25,27H,7,19-20H2,1-5H3/b8-6-,11-9-,13-10-,21-17+,24-16+. The highest BCUT2D eigenvalue weighted by molar-refractivity contribution is 5.52. The van der Waals surface area contributed by atoms with E-state index in [2.05, 4.69) is 24.8 Å². The number of benzene rings is 1. The maximum atomic E-state index is 10.6. The Kier molecular flexibility index (Phi) is 11.6. The number of hydrogen-bond donors (Lipinski definition) is 1. The highest BCUT2D eigenvalue weighted by atomic mass is 16.5. The van der Waals surface area contributed by atoms with Crippen molar-refractivity contribution < 1.29 is 9.84 Å². The van der Waals surface area contributed by atoms with Crippen molar-refractivity contribution in [2.75, 3.05) is 27.2 Å². The average molecular weight is 382 g/mol. The van der Waals surface area contributed by atoms with Crippen molar-refractivity contribution in [1.82, 2.24) is 4.90 Å². The minimum atomic E-state index is -0.530. The summed E-state index contributed by atoms with van der Waals surface area (Å²) in [4.78, 5) is 2.12. The molecule has 1 aromatic carbocycles. The van der Waals surface area contributed by atoms with Crippen molar-refractivity contribution in [3.63, 3.8) is 0 Å². The molecule has 28 heavy (non-hydrogen) atoms. The summed E-state index contributed by atoms with van der Waals surface area (Å²) in [5, 5.41) is 10.6. The van der Waals surface area contributed by atoms with Gasteiger partial charge in [0, 0.05) is 13.1 Å². The van der Waals surface area contributed by atoms with Crippen LogP contribution in [0, 0.1) is 0 Å². The Balaban J connectivity index is 2.70. The van der Waals surface area contributed by atoms with Gasteiger partial charge >= 0.3 is 0 Å². The average Bonchev–Trinajstić information content (AvgIpc) is 2.67. The first-order valence-corrected chi connectivity index (χ1v) is 9.84. The lowest BCUT2D eigenvalue weighted by Crippen LogP contribution is -2.26. The molecule has 1 N–H and O–H groups in total. The van der Waals surface area contributed by atoms with Crippen molar-refractivity contribution in [2.45, 2.75) is 33.3 Å². The Morgan fingerprint density at radius 1 is 1.25 bits per heavy atom. The third kappa shape index (κ3) is 9.54. The fraction of sp³-hybridized carbons (Fsp3) is 0.360. The van der Waals surface area contributed by atoms with Crippen LogP contribution in [0.2, 0.25) is 0 Å². The summed E-state index contributed by atoms with van der Waals surface area (Å²) >= 11 is 0. The molecular weight excluding hydrogens is 346 g/mol. The van der Waals surface area contributed by atoms with Crippen LogP contribution in [0.4, 0.5) is 0 Å². The molecule has 0 bridgehead atoms. The Morgan fingerprint density at radius 2 is 2.04 bits per heavy atom. The summed E-state index contributed by atoms with van der Waals surface area (Å²) in [6.07, 6.45) is 16.6. The van der Waals surface area contributed by atoms with E-state index < -0.39 is 6.10 Å². The predicted molar refractivity (Wildman–Crippen MR) is 121 cm³/mol. The maximum Gasteiger partial charge on any atom is 0.118 e. The fourth-order valence-corrected chi connectivity index (χ4v) is 2.80. The predicted octanol–water partition coefficient (Wildman–Crippen LogP) is 5.68. The number of ether oxygens (including phenoxy) is 1. The molecule has 0 aliphatic heterocycles. The lowest BCUT2D eigenvalue weighted by molar-refractivity contribution is 0.131. The minimum Gasteiger partial charge on any atom is -0.497 e. The molecule has 0 aliphatic carbocycles. The summed E-state index contributed by atoms with van der Waals surface area (Å²) in [6, 6.07) is 8.03. The van der Waals surface area contributed by atoms with E-state index in [1.165, 1.54) is 5.57 Å². The quantitative estimate of drug-likeness (QED) is 0.395. The van der Waals surface area contributed by atoms with E-state index in [1.54, 1.807) is 7.11 Å². The van der Waals surface area contributed by atoms with E-state index in [9.17, 15) is 5.11 Å². The molecule has 1 rings (SSSR count). The minimum absolute atomic E-state index is 0.530. The van der Waals surface area contributed by atoms with Gasteiger partial charge < -0.3 is 9.84 Å². The van der Waals surface area contributed by atoms with E-state index >= 15 is 0 Å². The fourth-order valence-electron chi connectivity index (χ4n) is 2.80. The van der Waals surface area contributed by atoms with Crippen LogP contribution in [0.25, 0.3) is 6.08 Å². The molecule has 0 heterocycles. The van der Waals surface area contributed by atoms with Gasteiger partial charge in [0.05, 0.1) is 13.2 Å². The number of methoxy groups -OCH3 is 1. The molecule has 3 heteroatoms. The third-order valence-corrected chi connectivity index (χ3v) is 4.15. The number of hydrogen-bond acceptors (Lipinski definition) is 3. The summed E-state index contributed by atoms with van der Waals surface area (Å²) < 4.78 is 5.41. The molecule has 0 radical (unpaired) electrons. The second kappa shape index (κ2) is 13.8. The zero-order valence-electron chi connectivity index (χ0n) is 17.9. The van der Waals surface area contributed by atoms with Crippen molar-refractivity contribution in [3.8, 4) is 0 Å². The molecule has 0 aromatic heterocycles. The molecule has 1 atom stereocenters. The zero-order valence-corrected chi connectivity index (χ0v) is 17.9. The summed E-state index contributed by atoms with van der Waals surface area (Å²) in [5.41, 5.74) is 3.19. The number of aliphatic hydroxyl groups is 1. The lowest BCUT2D eigenvalue weighted by Gasteiger charge is -2.21. The van der Waals surface area contributed by atoms with Gasteiger partial charge in [0.2, 0.25) is 0 Å². The first-order valence-electron chi connectivity index (χ1n) is 9.84. The molecule has 1 aromatic rings. The lowest BCUT2D eigenvalue weighted by atomic mass is 10.0. The molecule has 152 valence electrons. The third-order valence-electron chi connectivity index (χ3n) is 4.15. The van der Waals surface area contributed by atoms with Gasteiger partial charge in [-0.15, -0.1) is 0 Å². The molecule has 1 unspecified atom stereocenters. The summed E-state index contributed by atoms with van der Waals surface area (Å²) in [5.74, 6) is 0.830. The van der Waals surface area contributed by atoms with E-state index in [0.29, 0.717) is 6.54 Å². The highest BCUT2D eigenvalue weighted by Crippen LogP contribution is 2.17. The molecule has 0 amide bonds. The van der Waals surface area contributed by atoms with E-state index in [-0.39, 0.29) is 0 Å². The van der Waals surface area contributed by atoms with Gasteiger partial charge in [0.25, 0.3) is 0 Å². The van der Waals surface area contributed by atoms with E-state index in [0.717, 1.165) is 29.9 Å². The topological polar surface area (TPSA) is 32.7 Å². The van der Waals surface area contributed by atoms with Gasteiger partial charge in [0.15, 0.2) is 0 Å². The van der Waals surface area contributed by atoms with Crippen LogP contribution >= 0.6 is 0 Å². The van der Waals surface area contributed by atoms with E-state index in [4.69, 9.17) is 4.74 Å². The second-order valence-electron chi connectivity index (χ2n) is 6.87. The van der Waals surface area contributed by atoms with Gasteiger partial charge in [-0.05, 0) is 56.7 Å². The van der Waals surface area contributed by atoms with Gasteiger partial charge in [0.1, 0.15) is 5.76 Å². The molecule has 0 aliphatic rings. The van der Waals surface area contributed by atoms with Crippen LogP contribution in [0.15, 0.2) is 78.1 Å². The van der Waals surface area contributed by atoms with Crippen LogP contribution in [0.1, 0.15) is 44.4 Å². The maximum absolute atomic E-state index is 10.6. The molecule has 3 nitrogen and oxygen atoms in total. The van der Waals surface area contributed by atoms with Crippen LogP contribution in [0.5, 0.6) is 0 Å². The van der Waals surface area contributed by atoms with Gasteiger partial charge in [-0.2, -0.15) is 0 Å². The first-order chi connectivity index (χ1) is 13.5. The smallest absolute Gasteiger partial charge is 0.118 e. The summed E-state index contributed by atoms with van der Waals surface area (Å²) in [7, 11) is 3.70. The highest BCUT2D eigenvalue weighted by Gasteiger charge is 2.11. The molecule has 0 saturated carbocycles. The van der Waals surface area contributed by atoms with Crippen LogP contribution in [-0.4, -0.2) is 37.3 Å². The second-order valence-corrected chi connectivity index (χ2v) is 6.87. The normalized spacial score (nSPS) is 14.7. The van der Waals surface area contributed by atoms with E-state index in [1.807, 2.05) is 80.8 Å². The van der Waals surface area contributed by atoms with Crippen molar-refractivity contribution >= 4 is 6.08 Å². The molecular formula is C25H35NO2. The van der Waals surface area contributed by atoms with Gasteiger partial charge in [-0.25, -0.2) is 0 Å². The Bertz CT molecular complexity index is 726. The van der Waals surface area contributed by atoms with Crippen LogP contribution < -0.4 is 0 Å². The van der Waals surface area contributed by atoms with Crippen LogP contribution in [-0.2, 0) is 4.74 Å². The molecule has 0 fully saturated rings. The largest absolute Gasteiger partial charge is 0.497 e. The zero-order chi connectivity index (χ0) is 20.8. The Hall–Kier alpha value is -2.36. The van der Waals surface area contributed by atoms with Crippen molar-refractivity contribution in [2.24, 2.45) is 0 Å². The van der Waals surface area contributed by atoms with Gasteiger partial charge in [-0.3, -0.25) is 4.90 Å². The monoisotopic (exact) mass is 381 g/mol. The number of likely N-dealkylation sites (N-methyl/N-ethyl adjacent to an activating group) is 1. The first kappa shape index (κ1) is 23.7. The number of allylic oxidation sites excluding steroid dienone is 7. The van der Waals surface area contributed by atoms with Crippen molar-refractivity contribution in [1.29, 1.82) is 0 Å². The molecule has 0 spiro atoms. The SMILES string of the molecule is C/C=C\C=C/c1cccc(C(O)CN(C)C/C(C)=C/C(=C\C=C/CC)OC)c1. The Morgan fingerprint density at radius 3 is 2.71 bits per heavy atom. The van der Waals surface area contributed by atoms with Crippen LogP contribution in [0.3, 0.4) is 0 Å². The summed E-state index contributed by atoms with van der Waals surface area (Å²) in [6.45, 7) is 7.49. The van der Waals surface area contributed by atoms with Crippen molar-refractivity contribution in [3.05, 3.63) is 89.3 Å². The number of rotatable bonds is 11. The molecule has 0 saturated heterocycles.